The fraction of sp³-hybridized carbons (Fsp3) is 0.524. The molecule has 1 amide bonds. The summed E-state index contributed by atoms with van der Waals surface area (Å²) in [5.41, 5.74) is 2.07. The Morgan fingerprint density at radius 1 is 1.22 bits per heavy atom. The van der Waals surface area contributed by atoms with Crippen LogP contribution in [-0.2, 0) is 17.8 Å². The van der Waals surface area contributed by atoms with E-state index in [-0.39, 0.29) is 5.91 Å². The Hall–Kier alpha value is -2.50. The lowest BCUT2D eigenvalue weighted by Gasteiger charge is -2.31. The number of hydrogen-bond acceptors (Lipinski definition) is 5. The summed E-state index contributed by atoms with van der Waals surface area (Å²) < 4.78 is 0. The molecule has 1 N–H and O–H groups in total. The maximum absolute atomic E-state index is 12.8. The molecular weight excluding hydrogens is 338 g/mol. The van der Waals surface area contributed by atoms with Crippen molar-refractivity contribution in [1.29, 1.82) is 0 Å². The Labute approximate surface area is 160 Å². The van der Waals surface area contributed by atoms with Gasteiger partial charge in [0.25, 0.3) is 0 Å². The highest BCUT2D eigenvalue weighted by Gasteiger charge is 2.27. The van der Waals surface area contributed by atoms with Gasteiger partial charge in [-0.25, -0.2) is 15.0 Å². The Morgan fingerprint density at radius 2 is 2.07 bits per heavy atom. The molecule has 4 rings (SSSR count). The summed E-state index contributed by atoms with van der Waals surface area (Å²) >= 11 is 0. The van der Waals surface area contributed by atoms with Gasteiger partial charge in [0.05, 0.1) is 12.2 Å². The summed E-state index contributed by atoms with van der Waals surface area (Å²) in [4.78, 5) is 28.3. The highest BCUT2D eigenvalue weighted by molar-refractivity contribution is 5.77. The minimum absolute atomic E-state index is 0.281. The van der Waals surface area contributed by atoms with E-state index in [4.69, 9.17) is 0 Å². The molecule has 0 aromatic carbocycles. The second-order valence-electron chi connectivity index (χ2n) is 7.66. The normalized spacial score (nSPS) is 17.4. The van der Waals surface area contributed by atoms with E-state index >= 15 is 0 Å². The van der Waals surface area contributed by atoms with Crippen LogP contribution in [0.3, 0.4) is 0 Å². The van der Waals surface area contributed by atoms with Gasteiger partial charge in [-0.05, 0) is 44.2 Å². The molecule has 3 heterocycles. The third kappa shape index (κ3) is 4.26. The lowest BCUT2D eigenvalue weighted by Crippen LogP contribution is -2.38. The molecular formula is C21H27N5O. The van der Waals surface area contributed by atoms with Gasteiger partial charge in [-0.3, -0.25) is 4.79 Å². The zero-order valence-corrected chi connectivity index (χ0v) is 15.9. The number of carbonyl (C=O) groups is 1. The molecule has 0 atom stereocenters. The number of aromatic nitrogens is 3. The summed E-state index contributed by atoms with van der Waals surface area (Å²) in [5, 5.41) is 3.32. The van der Waals surface area contributed by atoms with Crippen LogP contribution in [0.4, 0.5) is 11.6 Å². The number of amides is 1. The summed E-state index contributed by atoms with van der Waals surface area (Å²) in [6.45, 7) is 3.22. The number of fused-ring (bicyclic) bond motifs is 1. The first kappa shape index (κ1) is 17.9. The quantitative estimate of drug-likeness (QED) is 0.893. The van der Waals surface area contributed by atoms with Crippen molar-refractivity contribution in [2.24, 2.45) is 5.92 Å². The minimum Gasteiger partial charge on any atom is -0.336 e. The Bertz CT molecular complexity index is 802. The highest BCUT2D eigenvalue weighted by Crippen LogP contribution is 2.29. The number of nitrogens with one attached hydrogen (secondary N) is 1. The Kier molecular flexibility index (Phi) is 5.32. The molecule has 0 spiro atoms. The molecule has 2 aliphatic rings. The Balaban J connectivity index is 1.48. The molecule has 6 heteroatoms. The first-order valence-electron chi connectivity index (χ1n) is 10.0. The molecule has 0 radical (unpaired) electrons. The zero-order chi connectivity index (χ0) is 18.6. The Morgan fingerprint density at radius 3 is 2.85 bits per heavy atom. The molecule has 2 aromatic rings. The van der Waals surface area contributed by atoms with Gasteiger partial charge in [0.15, 0.2) is 0 Å². The summed E-state index contributed by atoms with van der Waals surface area (Å²) in [6.07, 6.45) is 9.51. The first-order valence-corrected chi connectivity index (χ1v) is 10.0. The second-order valence-corrected chi connectivity index (χ2v) is 7.66. The van der Waals surface area contributed by atoms with E-state index in [0.29, 0.717) is 24.7 Å². The van der Waals surface area contributed by atoms with E-state index in [1.807, 2.05) is 30.0 Å². The number of aryl methyl sites for hydroxylation is 1. The number of nitrogens with zero attached hydrogens (tertiary/aromatic N) is 4. The van der Waals surface area contributed by atoms with Crippen LogP contribution < -0.4 is 5.32 Å². The summed E-state index contributed by atoms with van der Waals surface area (Å²) in [7, 11) is 0. The van der Waals surface area contributed by atoms with Crippen LogP contribution in [0.25, 0.3) is 0 Å². The number of anilines is 2. The van der Waals surface area contributed by atoms with Crippen LogP contribution in [0, 0.1) is 12.8 Å². The highest BCUT2D eigenvalue weighted by atomic mass is 16.2. The standard InChI is InChI=1S/C21H27N5O/c1-15-23-18-14-26(20(27)13-16-7-3-2-4-8-16)12-10-17(18)21(24-15)25-19-9-5-6-11-22-19/h5-6,9,11,16H,2-4,7-8,10,12-14H2,1H3,(H,22,23,24,25). The molecule has 0 unspecified atom stereocenters. The molecule has 6 nitrogen and oxygen atoms in total. The van der Waals surface area contributed by atoms with Crippen molar-refractivity contribution >= 4 is 17.5 Å². The topological polar surface area (TPSA) is 71.0 Å². The third-order valence-electron chi connectivity index (χ3n) is 5.63. The predicted molar refractivity (Wildman–Crippen MR) is 105 cm³/mol. The van der Waals surface area contributed by atoms with Crippen LogP contribution in [0.5, 0.6) is 0 Å². The molecule has 1 saturated carbocycles. The number of pyridine rings is 1. The predicted octanol–water partition coefficient (Wildman–Crippen LogP) is 3.78. The van der Waals surface area contributed by atoms with E-state index in [1.165, 1.54) is 32.1 Å². The largest absolute Gasteiger partial charge is 0.336 e. The fourth-order valence-electron chi connectivity index (χ4n) is 4.20. The van der Waals surface area contributed by atoms with Crippen LogP contribution in [-0.4, -0.2) is 32.3 Å². The van der Waals surface area contributed by atoms with Gasteiger partial charge >= 0.3 is 0 Å². The van der Waals surface area contributed by atoms with Crippen molar-refractivity contribution in [2.45, 2.75) is 58.4 Å². The zero-order valence-electron chi connectivity index (χ0n) is 15.9. The SMILES string of the molecule is Cc1nc2c(c(Nc3ccccn3)n1)CCN(C(=O)CC1CCCCC1)C2. The van der Waals surface area contributed by atoms with Crippen molar-refractivity contribution in [3.8, 4) is 0 Å². The molecule has 0 bridgehead atoms. The van der Waals surface area contributed by atoms with Crippen LogP contribution >= 0.6 is 0 Å². The van der Waals surface area contributed by atoms with E-state index in [1.54, 1.807) is 6.20 Å². The van der Waals surface area contributed by atoms with Gasteiger partial charge in [-0.1, -0.05) is 25.3 Å². The van der Waals surface area contributed by atoms with Crippen molar-refractivity contribution in [3.63, 3.8) is 0 Å². The van der Waals surface area contributed by atoms with Gasteiger partial charge in [0.2, 0.25) is 5.91 Å². The average molecular weight is 365 g/mol. The third-order valence-corrected chi connectivity index (χ3v) is 5.63. The number of hydrogen-bond donors (Lipinski definition) is 1. The average Bonchev–Trinajstić information content (AvgIpc) is 2.69. The first-order chi connectivity index (χ1) is 13.2. The van der Waals surface area contributed by atoms with Gasteiger partial charge in [0.1, 0.15) is 17.5 Å². The van der Waals surface area contributed by atoms with Crippen molar-refractivity contribution in [3.05, 3.63) is 41.5 Å². The molecule has 1 aliphatic carbocycles. The van der Waals surface area contributed by atoms with Crippen molar-refractivity contribution in [2.75, 3.05) is 11.9 Å². The van der Waals surface area contributed by atoms with Crippen LogP contribution in [0.1, 0.15) is 55.6 Å². The molecule has 0 saturated heterocycles. The van der Waals surface area contributed by atoms with Gasteiger partial charge in [-0.15, -0.1) is 0 Å². The smallest absolute Gasteiger partial charge is 0.223 e. The molecule has 142 valence electrons. The van der Waals surface area contributed by atoms with Crippen LogP contribution in [0.2, 0.25) is 0 Å². The van der Waals surface area contributed by atoms with E-state index in [0.717, 1.165) is 35.9 Å². The monoisotopic (exact) mass is 365 g/mol. The van der Waals surface area contributed by atoms with E-state index in [9.17, 15) is 4.79 Å². The molecule has 27 heavy (non-hydrogen) atoms. The minimum atomic E-state index is 0.281. The fourth-order valence-corrected chi connectivity index (χ4v) is 4.20. The molecule has 1 fully saturated rings. The summed E-state index contributed by atoms with van der Waals surface area (Å²) in [5.74, 6) is 3.15. The van der Waals surface area contributed by atoms with E-state index in [2.05, 4.69) is 20.3 Å². The second kappa shape index (κ2) is 8.03. The molecule has 1 aliphatic heterocycles. The van der Waals surface area contributed by atoms with E-state index < -0.39 is 0 Å². The van der Waals surface area contributed by atoms with Crippen molar-refractivity contribution < 1.29 is 4.79 Å². The number of rotatable bonds is 4. The van der Waals surface area contributed by atoms with Gasteiger partial charge < -0.3 is 10.2 Å². The summed E-state index contributed by atoms with van der Waals surface area (Å²) in [6, 6.07) is 5.76. The van der Waals surface area contributed by atoms with Gasteiger partial charge in [-0.2, -0.15) is 0 Å². The molecule has 2 aromatic heterocycles. The lowest BCUT2D eigenvalue weighted by atomic mass is 9.86. The van der Waals surface area contributed by atoms with Crippen molar-refractivity contribution in [1.82, 2.24) is 19.9 Å². The maximum Gasteiger partial charge on any atom is 0.223 e. The van der Waals surface area contributed by atoms with Gasteiger partial charge in [0, 0.05) is 24.7 Å². The number of carbonyl (C=O) groups excluding carboxylic acids is 1. The lowest BCUT2D eigenvalue weighted by molar-refractivity contribution is -0.133. The maximum atomic E-state index is 12.8. The van der Waals surface area contributed by atoms with Crippen LogP contribution in [0.15, 0.2) is 24.4 Å².